The Bertz CT molecular complexity index is 495. The number of ketones is 1. The van der Waals surface area contributed by atoms with Crippen LogP contribution in [-0.4, -0.2) is 30.3 Å². The number of fused-ring (bicyclic) bond motifs is 1. The molecular formula is C12H11NO4. The van der Waals surface area contributed by atoms with E-state index in [1.54, 1.807) is 25.1 Å². The van der Waals surface area contributed by atoms with E-state index >= 15 is 0 Å². The molecule has 1 aliphatic rings. The van der Waals surface area contributed by atoms with Crippen LogP contribution < -0.4 is 5.32 Å². The summed E-state index contributed by atoms with van der Waals surface area (Å²) in [5.41, 5.74) is 0.548. The summed E-state index contributed by atoms with van der Waals surface area (Å²) in [4.78, 5) is 35.1. The fraction of sp³-hybridized carbons (Fsp3) is 0.250. The van der Waals surface area contributed by atoms with Crippen molar-refractivity contribution in [3.63, 3.8) is 0 Å². The normalized spacial score (nSPS) is 18.3. The highest BCUT2D eigenvalue weighted by Gasteiger charge is 2.37. The van der Waals surface area contributed by atoms with Gasteiger partial charge in [-0.2, -0.15) is 0 Å². The lowest BCUT2D eigenvalue weighted by atomic mass is 9.94. The van der Waals surface area contributed by atoms with E-state index in [9.17, 15) is 14.4 Å². The van der Waals surface area contributed by atoms with Crippen LogP contribution in [0, 0.1) is 0 Å². The number of esters is 1. The summed E-state index contributed by atoms with van der Waals surface area (Å²) in [7, 11) is 0. The molecule has 2 rings (SSSR count). The monoisotopic (exact) mass is 233 g/mol. The van der Waals surface area contributed by atoms with Crippen molar-refractivity contribution in [3.05, 3.63) is 35.4 Å². The first kappa shape index (κ1) is 11.3. The van der Waals surface area contributed by atoms with Crippen LogP contribution in [0.3, 0.4) is 0 Å². The Morgan fingerprint density at radius 1 is 1.29 bits per heavy atom. The molecule has 0 spiro atoms. The number of Topliss-reactive ketones (excluding diaryl/α,β-unsaturated/α-hetero) is 1. The summed E-state index contributed by atoms with van der Waals surface area (Å²) in [6.45, 7) is 1.81. The Morgan fingerprint density at radius 3 is 2.59 bits per heavy atom. The van der Waals surface area contributed by atoms with E-state index in [4.69, 9.17) is 4.74 Å². The van der Waals surface area contributed by atoms with E-state index in [0.717, 1.165) is 0 Å². The predicted octanol–water partition coefficient (Wildman–Crippen LogP) is 0.544. The molecule has 88 valence electrons. The third kappa shape index (κ3) is 1.91. The van der Waals surface area contributed by atoms with Gasteiger partial charge in [0.05, 0.1) is 12.2 Å². The molecule has 1 aromatic rings. The molecule has 1 N–H and O–H groups in total. The Balaban J connectivity index is 2.36. The molecule has 5 heteroatoms. The number of carbonyl (C=O) groups is 3. The van der Waals surface area contributed by atoms with Crippen molar-refractivity contribution in [2.45, 2.75) is 13.0 Å². The number of hydrogen-bond donors (Lipinski definition) is 1. The Labute approximate surface area is 97.8 Å². The van der Waals surface area contributed by atoms with E-state index in [1.165, 1.54) is 6.07 Å². The lowest BCUT2D eigenvalue weighted by Gasteiger charge is -2.22. The molecule has 0 radical (unpaired) electrons. The minimum atomic E-state index is -1.22. The number of amides is 1. The highest BCUT2D eigenvalue weighted by atomic mass is 16.5. The lowest BCUT2D eigenvalue weighted by molar-refractivity contribution is -0.144. The molecule has 1 aromatic carbocycles. The van der Waals surface area contributed by atoms with Gasteiger partial charge in [0.25, 0.3) is 5.91 Å². The van der Waals surface area contributed by atoms with Gasteiger partial charge in [-0.25, -0.2) is 4.79 Å². The molecule has 0 aliphatic carbocycles. The molecule has 0 saturated carbocycles. The Hall–Kier alpha value is -2.17. The minimum absolute atomic E-state index is 0.167. The quantitative estimate of drug-likeness (QED) is 0.598. The highest BCUT2D eigenvalue weighted by Crippen LogP contribution is 2.17. The average Bonchev–Trinajstić information content (AvgIpc) is 2.34. The molecule has 0 fully saturated rings. The molecule has 0 unspecified atom stereocenters. The number of ether oxygens (including phenoxy) is 1. The minimum Gasteiger partial charge on any atom is -0.464 e. The third-order valence-electron chi connectivity index (χ3n) is 2.50. The van der Waals surface area contributed by atoms with Crippen molar-refractivity contribution in [2.75, 3.05) is 6.61 Å². The zero-order valence-corrected chi connectivity index (χ0v) is 9.23. The van der Waals surface area contributed by atoms with E-state index in [2.05, 4.69) is 5.32 Å². The third-order valence-corrected chi connectivity index (χ3v) is 2.50. The van der Waals surface area contributed by atoms with E-state index in [0.29, 0.717) is 0 Å². The van der Waals surface area contributed by atoms with Gasteiger partial charge in [-0.15, -0.1) is 0 Å². The number of nitrogens with one attached hydrogen (secondary N) is 1. The Kier molecular flexibility index (Phi) is 2.91. The van der Waals surface area contributed by atoms with Crippen molar-refractivity contribution in [2.24, 2.45) is 0 Å². The maximum Gasteiger partial charge on any atom is 0.336 e. The van der Waals surface area contributed by atoms with Crippen LogP contribution in [0.15, 0.2) is 24.3 Å². The summed E-state index contributed by atoms with van der Waals surface area (Å²) in [5, 5.41) is 2.34. The van der Waals surface area contributed by atoms with Gasteiger partial charge in [-0.3, -0.25) is 9.59 Å². The average molecular weight is 233 g/mol. The second-order valence-corrected chi connectivity index (χ2v) is 3.57. The molecule has 1 atom stereocenters. The van der Waals surface area contributed by atoms with Crippen molar-refractivity contribution in [1.82, 2.24) is 5.32 Å². The molecule has 17 heavy (non-hydrogen) atoms. The zero-order valence-electron chi connectivity index (χ0n) is 9.23. The van der Waals surface area contributed by atoms with Crippen molar-refractivity contribution < 1.29 is 19.1 Å². The zero-order chi connectivity index (χ0) is 12.4. The molecule has 1 amide bonds. The molecule has 0 bridgehead atoms. The number of benzene rings is 1. The first-order valence-electron chi connectivity index (χ1n) is 5.26. The fourth-order valence-electron chi connectivity index (χ4n) is 1.72. The van der Waals surface area contributed by atoms with Crippen LogP contribution in [-0.2, 0) is 9.53 Å². The Morgan fingerprint density at radius 2 is 1.94 bits per heavy atom. The van der Waals surface area contributed by atoms with E-state index in [-0.39, 0.29) is 17.7 Å². The second kappa shape index (κ2) is 4.37. The van der Waals surface area contributed by atoms with E-state index < -0.39 is 23.7 Å². The van der Waals surface area contributed by atoms with Crippen LogP contribution in [0.5, 0.6) is 0 Å². The second-order valence-electron chi connectivity index (χ2n) is 3.57. The van der Waals surface area contributed by atoms with Gasteiger partial charge in [0.1, 0.15) is 0 Å². The SMILES string of the molecule is CCOC(=O)[C@H]1NC(=O)c2ccccc2C1=O. The molecular weight excluding hydrogens is 222 g/mol. The van der Waals surface area contributed by atoms with Gasteiger partial charge in [0.15, 0.2) is 11.8 Å². The summed E-state index contributed by atoms with van der Waals surface area (Å²) < 4.78 is 4.74. The predicted molar refractivity (Wildman–Crippen MR) is 58.7 cm³/mol. The first-order valence-corrected chi connectivity index (χ1v) is 5.26. The molecule has 0 aromatic heterocycles. The molecule has 0 saturated heterocycles. The van der Waals surface area contributed by atoms with Crippen LogP contribution in [0.25, 0.3) is 0 Å². The van der Waals surface area contributed by atoms with Crippen LogP contribution >= 0.6 is 0 Å². The van der Waals surface area contributed by atoms with Gasteiger partial charge in [-0.05, 0) is 13.0 Å². The van der Waals surface area contributed by atoms with Crippen LogP contribution in [0.4, 0.5) is 0 Å². The lowest BCUT2D eigenvalue weighted by Crippen LogP contribution is -2.51. The number of hydrogen-bond acceptors (Lipinski definition) is 4. The summed E-state index contributed by atoms with van der Waals surface area (Å²) in [6.07, 6.45) is 0. The van der Waals surface area contributed by atoms with Gasteiger partial charge >= 0.3 is 5.97 Å². The van der Waals surface area contributed by atoms with Gasteiger partial charge in [0.2, 0.25) is 0 Å². The molecule has 1 aliphatic heterocycles. The summed E-state index contributed by atoms with van der Waals surface area (Å²) in [6, 6.07) is 5.16. The first-order chi connectivity index (χ1) is 8.15. The highest BCUT2D eigenvalue weighted by molar-refractivity contribution is 6.22. The smallest absolute Gasteiger partial charge is 0.336 e. The van der Waals surface area contributed by atoms with Gasteiger partial charge in [0, 0.05) is 5.56 Å². The van der Waals surface area contributed by atoms with Crippen LogP contribution in [0.2, 0.25) is 0 Å². The van der Waals surface area contributed by atoms with Crippen molar-refractivity contribution >= 4 is 17.7 Å². The van der Waals surface area contributed by atoms with E-state index in [1.807, 2.05) is 0 Å². The van der Waals surface area contributed by atoms with Crippen molar-refractivity contribution in [1.29, 1.82) is 0 Å². The van der Waals surface area contributed by atoms with Crippen molar-refractivity contribution in [3.8, 4) is 0 Å². The maximum absolute atomic E-state index is 12.0. The number of carbonyl (C=O) groups excluding carboxylic acids is 3. The number of rotatable bonds is 2. The topological polar surface area (TPSA) is 72.5 Å². The maximum atomic E-state index is 12.0. The summed E-state index contributed by atoms with van der Waals surface area (Å²) >= 11 is 0. The standard InChI is InChI=1S/C12H11NO4/c1-2-17-12(16)9-10(14)7-5-3-4-6-8(7)11(15)13-9/h3-6,9H,2H2,1H3,(H,13,15)/t9-/m0/s1. The molecule has 1 heterocycles. The van der Waals surface area contributed by atoms with Crippen LogP contribution in [0.1, 0.15) is 27.6 Å². The largest absolute Gasteiger partial charge is 0.464 e. The van der Waals surface area contributed by atoms with Gasteiger partial charge in [-0.1, -0.05) is 18.2 Å². The summed E-state index contributed by atoms with van der Waals surface area (Å²) in [5.74, 6) is -1.59. The molecule has 5 nitrogen and oxygen atoms in total. The fourth-order valence-corrected chi connectivity index (χ4v) is 1.72. The van der Waals surface area contributed by atoms with Gasteiger partial charge < -0.3 is 10.1 Å².